The molecule has 0 radical (unpaired) electrons. The third-order valence-corrected chi connectivity index (χ3v) is 5.32. The molecule has 29 heavy (non-hydrogen) atoms. The average molecular weight is 409 g/mol. The molecule has 0 bridgehead atoms. The molecule has 0 spiro atoms. The van der Waals surface area contributed by atoms with Crippen molar-refractivity contribution >= 4 is 11.9 Å². The fourth-order valence-corrected chi connectivity index (χ4v) is 3.51. The molecule has 1 aliphatic rings. The van der Waals surface area contributed by atoms with Crippen molar-refractivity contribution in [2.75, 3.05) is 13.2 Å². The minimum Gasteiger partial charge on any atom is -0.461 e. The van der Waals surface area contributed by atoms with Gasteiger partial charge in [0.2, 0.25) is 0 Å². The van der Waals surface area contributed by atoms with Gasteiger partial charge in [-0.1, -0.05) is 96.9 Å². The molecule has 168 valence electrons. The summed E-state index contributed by atoms with van der Waals surface area (Å²) >= 11 is 0. The monoisotopic (exact) mass is 408 g/mol. The number of carbonyl (C=O) groups is 2. The highest BCUT2D eigenvalue weighted by molar-refractivity contribution is 5.72. The molecule has 1 unspecified atom stereocenters. The molecular weight excluding hydrogens is 364 g/mol. The summed E-state index contributed by atoms with van der Waals surface area (Å²) in [5, 5.41) is 0. The maximum absolute atomic E-state index is 11.3. The first-order chi connectivity index (χ1) is 14.0. The predicted molar refractivity (Wildman–Crippen MR) is 121 cm³/mol. The van der Waals surface area contributed by atoms with Crippen LogP contribution in [0.15, 0.2) is 25.3 Å². The van der Waals surface area contributed by atoms with Gasteiger partial charge >= 0.3 is 11.9 Å². The molecule has 0 saturated heterocycles. The van der Waals surface area contributed by atoms with E-state index in [1.54, 1.807) is 12.2 Å². The lowest BCUT2D eigenvalue weighted by molar-refractivity contribution is -0.147. The molecule has 0 aromatic carbocycles. The molecule has 0 aromatic heterocycles. The van der Waals surface area contributed by atoms with Crippen molar-refractivity contribution in [3.05, 3.63) is 25.3 Å². The van der Waals surface area contributed by atoms with Gasteiger partial charge in [0, 0.05) is 6.42 Å². The molecule has 0 N–H and O–H groups in total. The Kier molecular flexibility index (Phi) is 18.6. The van der Waals surface area contributed by atoms with Crippen molar-refractivity contribution in [2.45, 2.75) is 97.3 Å². The lowest BCUT2D eigenvalue weighted by Crippen LogP contribution is -2.14. The lowest BCUT2D eigenvalue weighted by Gasteiger charge is -2.20. The minimum absolute atomic E-state index is 0.0341. The van der Waals surface area contributed by atoms with E-state index < -0.39 is 0 Å². The molecule has 0 aromatic rings. The second-order valence-electron chi connectivity index (χ2n) is 8.04. The smallest absolute Gasteiger partial charge is 0.308 e. The molecule has 1 aliphatic carbocycles. The van der Waals surface area contributed by atoms with Gasteiger partial charge in [0.15, 0.2) is 0 Å². The van der Waals surface area contributed by atoms with Crippen molar-refractivity contribution in [3.8, 4) is 0 Å². The molecule has 0 aliphatic heterocycles. The van der Waals surface area contributed by atoms with Crippen molar-refractivity contribution in [1.29, 1.82) is 0 Å². The predicted octanol–water partition coefficient (Wildman–Crippen LogP) is 6.79. The molecule has 1 rings (SSSR count). The molecule has 0 heterocycles. The summed E-state index contributed by atoms with van der Waals surface area (Å²) in [7, 11) is 0. The van der Waals surface area contributed by atoms with E-state index >= 15 is 0 Å². The summed E-state index contributed by atoms with van der Waals surface area (Å²) < 4.78 is 9.88. The van der Waals surface area contributed by atoms with E-state index in [2.05, 4.69) is 20.1 Å². The quantitative estimate of drug-likeness (QED) is 0.180. The third-order valence-electron chi connectivity index (χ3n) is 5.32. The Labute approximate surface area is 179 Å². The van der Waals surface area contributed by atoms with E-state index in [0.29, 0.717) is 19.6 Å². The summed E-state index contributed by atoms with van der Waals surface area (Å²) in [4.78, 5) is 22.5. The zero-order valence-corrected chi connectivity index (χ0v) is 19.0. The van der Waals surface area contributed by atoms with Gasteiger partial charge in [-0.05, 0) is 25.2 Å². The van der Waals surface area contributed by atoms with E-state index in [0.717, 1.165) is 25.2 Å². The number of carbonyl (C=O) groups excluding carboxylic acids is 2. The van der Waals surface area contributed by atoms with E-state index in [1.165, 1.54) is 57.8 Å². The normalized spacial score (nSPS) is 14.8. The van der Waals surface area contributed by atoms with Crippen LogP contribution in [0.5, 0.6) is 0 Å². The lowest BCUT2D eigenvalue weighted by atomic mass is 9.86. The molecule has 4 nitrogen and oxygen atoms in total. The first-order valence-electron chi connectivity index (χ1n) is 11.6. The summed E-state index contributed by atoms with van der Waals surface area (Å²) in [6.45, 7) is 11.8. The first-order valence-corrected chi connectivity index (χ1v) is 11.6. The molecule has 0 amide bonds. The third kappa shape index (κ3) is 17.0. The van der Waals surface area contributed by atoms with Gasteiger partial charge in [-0.15, -0.1) is 0 Å². The number of ether oxygens (including phenoxy) is 2. The zero-order chi connectivity index (χ0) is 21.7. The van der Waals surface area contributed by atoms with Gasteiger partial charge in [0.25, 0.3) is 0 Å². The number of esters is 2. The number of unbranched alkanes of at least 4 members (excludes halogenated alkanes) is 3. The Hall–Kier alpha value is -1.58. The Balaban J connectivity index is 0.000000543. The summed E-state index contributed by atoms with van der Waals surface area (Å²) in [5.41, 5.74) is 0. The summed E-state index contributed by atoms with van der Waals surface area (Å²) in [6.07, 6.45) is 18.6. The van der Waals surface area contributed by atoms with E-state index in [-0.39, 0.29) is 17.9 Å². The van der Waals surface area contributed by atoms with Crippen LogP contribution < -0.4 is 0 Å². The van der Waals surface area contributed by atoms with Crippen LogP contribution in [0.1, 0.15) is 97.3 Å². The van der Waals surface area contributed by atoms with Crippen LogP contribution in [-0.4, -0.2) is 25.2 Å². The molecule has 1 atom stereocenters. The molecule has 1 fully saturated rings. The van der Waals surface area contributed by atoms with Crippen molar-refractivity contribution < 1.29 is 19.1 Å². The summed E-state index contributed by atoms with van der Waals surface area (Å²) in [5.74, 6) is 0.727. The van der Waals surface area contributed by atoms with E-state index in [9.17, 15) is 9.59 Å². The zero-order valence-electron chi connectivity index (χ0n) is 19.0. The Morgan fingerprint density at radius 2 is 1.62 bits per heavy atom. The van der Waals surface area contributed by atoms with Crippen LogP contribution in [-0.2, 0) is 19.1 Å². The van der Waals surface area contributed by atoms with Crippen molar-refractivity contribution in [3.63, 3.8) is 0 Å². The molecular formula is C25H44O4. The second-order valence-corrected chi connectivity index (χ2v) is 8.04. The topological polar surface area (TPSA) is 52.6 Å². The van der Waals surface area contributed by atoms with E-state index in [1.807, 2.05) is 6.92 Å². The highest BCUT2D eigenvalue weighted by Crippen LogP contribution is 2.27. The number of hydrogen-bond donors (Lipinski definition) is 0. The maximum atomic E-state index is 11.3. The van der Waals surface area contributed by atoms with Crippen molar-refractivity contribution in [1.82, 2.24) is 0 Å². The number of hydrogen-bond acceptors (Lipinski definition) is 4. The highest BCUT2D eigenvalue weighted by atomic mass is 16.5. The Bertz CT molecular complexity index is 438. The van der Waals surface area contributed by atoms with E-state index in [4.69, 9.17) is 9.47 Å². The van der Waals surface area contributed by atoms with Gasteiger partial charge in [-0.2, -0.15) is 0 Å². The summed E-state index contributed by atoms with van der Waals surface area (Å²) in [6, 6.07) is 0. The molecule has 4 heteroatoms. The largest absolute Gasteiger partial charge is 0.461 e. The van der Waals surface area contributed by atoms with Crippen LogP contribution >= 0.6 is 0 Å². The fourth-order valence-electron chi connectivity index (χ4n) is 3.51. The van der Waals surface area contributed by atoms with Gasteiger partial charge in [0.1, 0.15) is 13.2 Å². The Morgan fingerprint density at radius 1 is 0.966 bits per heavy atom. The molecule has 1 saturated carbocycles. The van der Waals surface area contributed by atoms with Gasteiger partial charge in [-0.25, -0.2) is 0 Å². The van der Waals surface area contributed by atoms with Crippen LogP contribution in [0.25, 0.3) is 0 Å². The SMILES string of the molecule is C=CCOC(=O)C(C)CCCCCC.C=CCOC(=O)CCCC1CCCCC1. The van der Waals surface area contributed by atoms with Gasteiger partial charge in [0.05, 0.1) is 5.92 Å². The maximum Gasteiger partial charge on any atom is 0.308 e. The Morgan fingerprint density at radius 3 is 2.24 bits per heavy atom. The van der Waals surface area contributed by atoms with Crippen LogP contribution in [0.2, 0.25) is 0 Å². The fraction of sp³-hybridized carbons (Fsp3) is 0.760. The van der Waals surface area contributed by atoms with Gasteiger partial charge in [-0.3, -0.25) is 9.59 Å². The van der Waals surface area contributed by atoms with Gasteiger partial charge < -0.3 is 9.47 Å². The average Bonchev–Trinajstić information content (AvgIpc) is 2.74. The van der Waals surface area contributed by atoms with Crippen molar-refractivity contribution in [2.24, 2.45) is 11.8 Å². The minimum atomic E-state index is -0.0959. The highest BCUT2D eigenvalue weighted by Gasteiger charge is 2.14. The van der Waals surface area contributed by atoms with Crippen LogP contribution in [0.3, 0.4) is 0 Å². The standard InChI is InChI=1S/C13H22O2.C12H22O2/c1-2-11-15-13(14)10-6-9-12-7-4-3-5-8-12;1-4-6-7-8-9-11(3)12(13)14-10-5-2/h2,12H,1,3-11H2;5,11H,2,4,6-10H2,1,3H3. The second kappa shape index (κ2) is 19.7. The van der Waals surface area contributed by atoms with Crippen LogP contribution in [0, 0.1) is 11.8 Å². The first kappa shape index (κ1) is 27.4. The van der Waals surface area contributed by atoms with Crippen LogP contribution in [0.4, 0.5) is 0 Å². The number of rotatable bonds is 14.